The van der Waals surface area contributed by atoms with Crippen molar-refractivity contribution in [2.24, 2.45) is 0 Å². The first-order chi connectivity index (χ1) is 8.66. The molecule has 2 rings (SSSR count). The molecular formula is C14H13IN2O. The van der Waals surface area contributed by atoms with E-state index in [9.17, 15) is 4.79 Å². The molecule has 0 aliphatic rings. The molecule has 1 amide bonds. The Labute approximate surface area is 120 Å². The number of halogens is 1. The lowest BCUT2D eigenvalue weighted by Crippen LogP contribution is -2.26. The van der Waals surface area contributed by atoms with Crippen LogP contribution in [0.5, 0.6) is 0 Å². The Morgan fingerprint density at radius 1 is 1.17 bits per heavy atom. The molecule has 3 nitrogen and oxygen atoms in total. The first-order valence-electron chi connectivity index (χ1n) is 5.63. The molecule has 1 heterocycles. The molecule has 2 aromatic rings. The van der Waals surface area contributed by atoms with Crippen LogP contribution in [0.4, 0.5) is 0 Å². The van der Waals surface area contributed by atoms with Crippen molar-refractivity contribution in [2.45, 2.75) is 13.0 Å². The van der Waals surface area contributed by atoms with E-state index in [0.717, 1.165) is 9.13 Å². The smallest absolute Gasteiger partial charge is 0.251 e. The van der Waals surface area contributed by atoms with Crippen LogP contribution in [0, 0.1) is 3.57 Å². The lowest BCUT2D eigenvalue weighted by atomic mass is 10.1. The highest BCUT2D eigenvalue weighted by molar-refractivity contribution is 14.1. The largest absolute Gasteiger partial charge is 0.346 e. The average molecular weight is 352 g/mol. The average Bonchev–Trinajstić information content (AvgIpc) is 2.40. The van der Waals surface area contributed by atoms with Crippen LogP contribution in [-0.4, -0.2) is 10.9 Å². The van der Waals surface area contributed by atoms with Gasteiger partial charge in [0.1, 0.15) is 0 Å². The van der Waals surface area contributed by atoms with Gasteiger partial charge in [-0.2, -0.15) is 0 Å². The first-order valence-corrected chi connectivity index (χ1v) is 6.71. The van der Waals surface area contributed by atoms with Crippen molar-refractivity contribution in [1.29, 1.82) is 0 Å². The number of carbonyl (C=O) groups is 1. The first kappa shape index (κ1) is 13.0. The summed E-state index contributed by atoms with van der Waals surface area (Å²) in [4.78, 5) is 16.0. The fraction of sp³-hybridized carbons (Fsp3) is 0.143. The maximum atomic E-state index is 12.0. The SMILES string of the molecule is CC(NC(=O)c1ccc(I)cc1)c1ccncc1. The number of hydrogen-bond acceptors (Lipinski definition) is 2. The zero-order valence-corrected chi connectivity index (χ0v) is 12.1. The van der Waals surface area contributed by atoms with E-state index in [1.807, 2.05) is 43.3 Å². The van der Waals surface area contributed by atoms with Crippen molar-refractivity contribution in [1.82, 2.24) is 10.3 Å². The van der Waals surface area contributed by atoms with Crippen LogP contribution in [0.3, 0.4) is 0 Å². The number of carbonyl (C=O) groups excluding carboxylic acids is 1. The van der Waals surface area contributed by atoms with Crippen LogP contribution in [0.15, 0.2) is 48.8 Å². The number of pyridine rings is 1. The molecule has 1 aromatic carbocycles. The Kier molecular flexibility index (Phi) is 4.30. The standard InChI is InChI=1S/C14H13IN2O/c1-10(11-6-8-16-9-7-11)17-14(18)12-2-4-13(15)5-3-12/h2-10H,1H3,(H,17,18). The Morgan fingerprint density at radius 3 is 2.39 bits per heavy atom. The zero-order valence-electron chi connectivity index (χ0n) is 9.93. The van der Waals surface area contributed by atoms with Crippen molar-refractivity contribution < 1.29 is 4.79 Å². The molecule has 0 radical (unpaired) electrons. The molecule has 18 heavy (non-hydrogen) atoms. The Hall–Kier alpha value is -1.43. The number of aromatic nitrogens is 1. The maximum Gasteiger partial charge on any atom is 0.251 e. The summed E-state index contributed by atoms with van der Waals surface area (Å²) in [6, 6.07) is 11.3. The minimum atomic E-state index is -0.0595. The molecule has 0 aliphatic heterocycles. The van der Waals surface area contributed by atoms with Gasteiger partial charge in [0.05, 0.1) is 6.04 Å². The van der Waals surface area contributed by atoms with E-state index in [0.29, 0.717) is 5.56 Å². The summed E-state index contributed by atoms with van der Waals surface area (Å²) in [6.45, 7) is 1.96. The van der Waals surface area contributed by atoms with Crippen LogP contribution < -0.4 is 5.32 Å². The maximum absolute atomic E-state index is 12.0. The van der Waals surface area contributed by atoms with Crippen LogP contribution in [0.25, 0.3) is 0 Å². The second-order valence-corrected chi connectivity index (χ2v) is 5.23. The van der Waals surface area contributed by atoms with Gasteiger partial charge in [0.2, 0.25) is 0 Å². The minimum Gasteiger partial charge on any atom is -0.346 e. The van der Waals surface area contributed by atoms with Gasteiger partial charge in [-0.1, -0.05) is 0 Å². The molecule has 1 atom stereocenters. The molecule has 0 fully saturated rings. The Bertz CT molecular complexity index is 525. The predicted octanol–water partition coefficient (Wildman–Crippen LogP) is 3.18. The highest BCUT2D eigenvalue weighted by Gasteiger charge is 2.10. The predicted molar refractivity (Wildman–Crippen MR) is 79.3 cm³/mol. The monoisotopic (exact) mass is 352 g/mol. The number of nitrogens with zero attached hydrogens (tertiary/aromatic N) is 1. The van der Waals surface area contributed by atoms with E-state index in [4.69, 9.17) is 0 Å². The molecular weight excluding hydrogens is 339 g/mol. The van der Waals surface area contributed by atoms with Gasteiger partial charge < -0.3 is 5.32 Å². The zero-order chi connectivity index (χ0) is 13.0. The summed E-state index contributed by atoms with van der Waals surface area (Å²) in [5, 5.41) is 2.96. The van der Waals surface area contributed by atoms with Gasteiger partial charge in [-0.25, -0.2) is 0 Å². The third kappa shape index (κ3) is 3.29. The topological polar surface area (TPSA) is 42.0 Å². The third-order valence-corrected chi connectivity index (χ3v) is 3.38. The number of amides is 1. The normalized spacial score (nSPS) is 11.9. The molecule has 1 aromatic heterocycles. The molecule has 1 unspecified atom stereocenters. The quantitative estimate of drug-likeness (QED) is 0.863. The van der Waals surface area contributed by atoms with Crippen molar-refractivity contribution >= 4 is 28.5 Å². The lowest BCUT2D eigenvalue weighted by Gasteiger charge is -2.14. The van der Waals surface area contributed by atoms with Gasteiger partial charge in [0.25, 0.3) is 5.91 Å². The summed E-state index contributed by atoms with van der Waals surface area (Å²) < 4.78 is 1.12. The van der Waals surface area contributed by atoms with E-state index in [2.05, 4.69) is 32.9 Å². The van der Waals surface area contributed by atoms with E-state index in [1.165, 1.54) is 0 Å². The summed E-state index contributed by atoms with van der Waals surface area (Å²) in [5.41, 5.74) is 1.72. The summed E-state index contributed by atoms with van der Waals surface area (Å²) in [5.74, 6) is -0.0595. The second kappa shape index (κ2) is 5.95. The van der Waals surface area contributed by atoms with E-state index in [1.54, 1.807) is 12.4 Å². The Balaban J connectivity index is 2.06. The molecule has 0 bridgehead atoms. The van der Waals surface area contributed by atoms with Crippen LogP contribution in [0.2, 0.25) is 0 Å². The van der Waals surface area contributed by atoms with Gasteiger partial charge >= 0.3 is 0 Å². The fourth-order valence-electron chi connectivity index (χ4n) is 1.62. The van der Waals surface area contributed by atoms with Crippen LogP contribution >= 0.6 is 22.6 Å². The van der Waals surface area contributed by atoms with Crippen LogP contribution in [-0.2, 0) is 0 Å². The molecule has 0 saturated heterocycles. The van der Waals surface area contributed by atoms with Gasteiger partial charge in [0, 0.05) is 21.5 Å². The van der Waals surface area contributed by atoms with Gasteiger partial charge in [0.15, 0.2) is 0 Å². The van der Waals surface area contributed by atoms with Gasteiger partial charge in [-0.15, -0.1) is 0 Å². The second-order valence-electron chi connectivity index (χ2n) is 3.98. The van der Waals surface area contributed by atoms with E-state index < -0.39 is 0 Å². The fourth-order valence-corrected chi connectivity index (χ4v) is 1.98. The number of nitrogens with one attached hydrogen (secondary N) is 1. The molecule has 4 heteroatoms. The number of benzene rings is 1. The highest BCUT2D eigenvalue weighted by Crippen LogP contribution is 2.12. The van der Waals surface area contributed by atoms with E-state index >= 15 is 0 Å². The van der Waals surface area contributed by atoms with Gasteiger partial charge in [-0.3, -0.25) is 9.78 Å². The van der Waals surface area contributed by atoms with Crippen molar-refractivity contribution in [3.8, 4) is 0 Å². The van der Waals surface area contributed by atoms with Crippen molar-refractivity contribution in [2.75, 3.05) is 0 Å². The van der Waals surface area contributed by atoms with Crippen molar-refractivity contribution in [3.63, 3.8) is 0 Å². The Morgan fingerprint density at radius 2 is 1.78 bits per heavy atom. The summed E-state index contributed by atoms with van der Waals surface area (Å²) in [7, 11) is 0. The molecule has 0 aliphatic carbocycles. The molecule has 0 spiro atoms. The van der Waals surface area contributed by atoms with Gasteiger partial charge in [-0.05, 0) is 71.5 Å². The molecule has 0 saturated carbocycles. The molecule has 92 valence electrons. The highest BCUT2D eigenvalue weighted by atomic mass is 127. The minimum absolute atomic E-state index is 0.0280. The lowest BCUT2D eigenvalue weighted by molar-refractivity contribution is 0.0940. The number of hydrogen-bond donors (Lipinski definition) is 1. The van der Waals surface area contributed by atoms with Crippen molar-refractivity contribution in [3.05, 3.63) is 63.5 Å². The summed E-state index contributed by atoms with van der Waals surface area (Å²) >= 11 is 2.22. The number of rotatable bonds is 3. The van der Waals surface area contributed by atoms with Crippen LogP contribution in [0.1, 0.15) is 28.9 Å². The summed E-state index contributed by atoms with van der Waals surface area (Å²) in [6.07, 6.45) is 3.45. The third-order valence-electron chi connectivity index (χ3n) is 2.66. The van der Waals surface area contributed by atoms with E-state index in [-0.39, 0.29) is 11.9 Å². The molecule has 1 N–H and O–H groups in total.